The molecule has 0 fully saturated rings. The molecule has 2 N–H and O–H groups in total. The molecule has 0 heterocycles. The van der Waals surface area contributed by atoms with Gasteiger partial charge in [-0.25, -0.2) is 0 Å². The lowest BCUT2D eigenvalue weighted by atomic mass is 10.1. The third-order valence-electron chi connectivity index (χ3n) is 1.75. The van der Waals surface area contributed by atoms with Crippen molar-refractivity contribution in [2.45, 2.75) is 13.8 Å². The van der Waals surface area contributed by atoms with Gasteiger partial charge in [-0.3, -0.25) is 0 Å². The van der Waals surface area contributed by atoms with Gasteiger partial charge in [-0.2, -0.15) is 0 Å². The van der Waals surface area contributed by atoms with E-state index in [9.17, 15) is 0 Å². The smallest absolute Gasteiger partial charge is 0.121 e. The summed E-state index contributed by atoms with van der Waals surface area (Å²) in [6.45, 7) is 4.10. The Morgan fingerprint density at radius 3 is 2.57 bits per heavy atom. The van der Waals surface area contributed by atoms with Gasteiger partial charge in [-0.05, 0) is 12.1 Å². The Balaban J connectivity index is 2.96. The maximum atomic E-state index is 5.80. The van der Waals surface area contributed by atoms with E-state index in [1.54, 1.807) is 13.2 Å². The second kappa shape index (κ2) is 4.57. The molecule has 1 aromatic carbocycles. The average Bonchev–Trinajstić information content (AvgIpc) is 2.15. The number of hydrogen-bond acceptors (Lipinski definition) is 2. The van der Waals surface area contributed by atoms with Gasteiger partial charge in [0.2, 0.25) is 0 Å². The van der Waals surface area contributed by atoms with E-state index < -0.39 is 0 Å². The van der Waals surface area contributed by atoms with E-state index >= 15 is 0 Å². The largest absolute Gasteiger partial charge is 0.497 e. The molecule has 0 radical (unpaired) electrons. The summed E-state index contributed by atoms with van der Waals surface area (Å²) in [5.41, 5.74) is 7.33. The summed E-state index contributed by atoms with van der Waals surface area (Å²) in [4.78, 5) is 0. The molecular formula is C12H15NO. The van der Waals surface area contributed by atoms with E-state index in [-0.39, 0.29) is 0 Å². The Kier molecular flexibility index (Phi) is 3.41. The molecule has 0 saturated carbocycles. The summed E-state index contributed by atoms with van der Waals surface area (Å²) in [5.74, 6) is 7.22. The summed E-state index contributed by atoms with van der Waals surface area (Å²) < 4.78 is 5.05. The van der Waals surface area contributed by atoms with Crippen molar-refractivity contribution in [1.82, 2.24) is 0 Å². The van der Waals surface area contributed by atoms with Crippen molar-refractivity contribution in [3.63, 3.8) is 0 Å². The molecule has 0 bridgehead atoms. The highest BCUT2D eigenvalue weighted by Crippen LogP contribution is 2.18. The van der Waals surface area contributed by atoms with Gasteiger partial charge in [0.05, 0.1) is 12.8 Å². The third kappa shape index (κ3) is 2.70. The van der Waals surface area contributed by atoms with Gasteiger partial charge in [-0.15, -0.1) is 0 Å². The van der Waals surface area contributed by atoms with Gasteiger partial charge in [0.1, 0.15) is 5.75 Å². The molecule has 0 atom stereocenters. The van der Waals surface area contributed by atoms with Gasteiger partial charge in [0.15, 0.2) is 0 Å². The molecule has 0 aliphatic heterocycles. The molecule has 2 nitrogen and oxygen atoms in total. The molecule has 74 valence electrons. The SMILES string of the molecule is COc1ccc(C#CC(C)C)c(N)c1. The van der Waals surface area contributed by atoms with Crippen LogP contribution in [-0.4, -0.2) is 7.11 Å². The third-order valence-corrected chi connectivity index (χ3v) is 1.75. The zero-order valence-corrected chi connectivity index (χ0v) is 8.79. The predicted octanol–water partition coefficient (Wildman–Crippen LogP) is 2.28. The van der Waals surface area contributed by atoms with Crippen LogP contribution in [-0.2, 0) is 0 Å². The van der Waals surface area contributed by atoms with Crippen molar-refractivity contribution in [3.05, 3.63) is 23.8 Å². The first-order valence-electron chi connectivity index (χ1n) is 4.58. The molecule has 0 aliphatic rings. The first-order chi connectivity index (χ1) is 6.63. The number of ether oxygens (including phenoxy) is 1. The van der Waals surface area contributed by atoms with Crippen molar-refractivity contribution in [1.29, 1.82) is 0 Å². The van der Waals surface area contributed by atoms with Gasteiger partial charge >= 0.3 is 0 Å². The number of hydrogen-bond donors (Lipinski definition) is 1. The molecule has 1 aromatic rings. The summed E-state index contributed by atoms with van der Waals surface area (Å²) in [7, 11) is 1.62. The van der Waals surface area contributed by atoms with Crippen LogP contribution in [0.25, 0.3) is 0 Å². The van der Waals surface area contributed by atoms with Gasteiger partial charge in [0, 0.05) is 17.5 Å². The minimum atomic E-state index is 0.358. The van der Waals surface area contributed by atoms with Crippen molar-refractivity contribution in [3.8, 4) is 17.6 Å². The highest BCUT2D eigenvalue weighted by atomic mass is 16.5. The summed E-state index contributed by atoms with van der Waals surface area (Å²) in [5, 5.41) is 0. The topological polar surface area (TPSA) is 35.2 Å². The lowest BCUT2D eigenvalue weighted by molar-refractivity contribution is 0.415. The molecule has 2 heteroatoms. The molecule has 0 spiro atoms. The standard InChI is InChI=1S/C12H15NO/c1-9(2)4-5-10-6-7-11(14-3)8-12(10)13/h6-9H,13H2,1-3H3. The predicted molar refractivity (Wildman–Crippen MR) is 59.1 cm³/mol. The molecule has 0 amide bonds. The van der Waals surface area contributed by atoms with E-state index in [0.717, 1.165) is 11.3 Å². The Morgan fingerprint density at radius 1 is 1.36 bits per heavy atom. The molecule has 0 aliphatic carbocycles. The fourth-order valence-electron chi connectivity index (χ4n) is 1.00. The van der Waals surface area contributed by atoms with E-state index in [0.29, 0.717) is 11.6 Å². The second-order valence-electron chi connectivity index (χ2n) is 3.38. The molecule has 0 saturated heterocycles. The molecule has 14 heavy (non-hydrogen) atoms. The minimum absolute atomic E-state index is 0.358. The highest BCUT2D eigenvalue weighted by molar-refractivity contribution is 5.58. The Bertz CT molecular complexity index is 372. The van der Waals surface area contributed by atoms with Crippen LogP contribution in [0, 0.1) is 17.8 Å². The molecule has 0 aromatic heterocycles. The van der Waals surface area contributed by atoms with Gasteiger partial charge in [0.25, 0.3) is 0 Å². The number of methoxy groups -OCH3 is 1. The Morgan fingerprint density at radius 2 is 2.07 bits per heavy atom. The van der Waals surface area contributed by atoms with Crippen LogP contribution in [0.5, 0.6) is 5.75 Å². The maximum Gasteiger partial charge on any atom is 0.121 e. The molecular weight excluding hydrogens is 174 g/mol. The number of nitrogen functional groups attached to an aromatic ring is 1. The van der Waals surface area contributed by atoms with E-state index in [4.69, 9.17) is 10.5 Å². The first kappa shape index (κ1) is 10.5. The lowest BCUT2D eigenvalue weighted by Crippen LogP contribution is -1.92. The van der Waals surface area contributed by atoms with Crippen LogP contribution in [0.3, 0.4) is 0 Å². The number of rotatable bonds is 1. The van der Waals surface area contributed by atoms with Gasteiger partial charge in [-0.1, -0.05) is 25.7 Å². The van der Waals surface area contributed by atoms with E-state index in [2.05, 4.69) is 11.8 Å². The fraction of sp³-hybridized carbons (Fsp3) is 0.333. The maximum absolute atomic E-state index is 5.80. The number of benzene rings is 1. The lowest BCUT2D eigenvalue weighted by Gasteiger charge is -2.02. The summed E-state index contributed by atoms with van der Waals surface area (Å²) >= 11 is 0. The van der Waals surface area contributed by atoms with Crippen molar-refractivity contribution in [2.24, 2.45) is 5.92 Å². The summed E-state index contributed by atoms with van der Waals surface area (Å²) in [6, 6.07) is 5.52. The van der Waals surface area contributed by atoms with Crippen LogP contribution in [0.4, 0.5) is 5.69 Å². The number of anilines is 1. The fourth-order valence-corrected chi connectivity index (χ4v) is 1.00. The van der Waals surface area contributed by atoms with Crippen LogP contribution in [0.1, 0.15) is 19.4 Å². The minimum Gasteiger partial charge on any atom is -0.497 e. The zero-order chi connectivity index (χ0) is 10.6. The van der Waals surface area contributed by atoms with Crippen LogP contribution in [0.2, 0.25) is 0 Å². The Labute approximate surface area is 85.1 Å². The van der Waals surface area contributed by atoms with Crippen molar-refractivity contribution < 1.29 is 4.74 Å². The van der Waals surface area contributed by atoms with Crippen molar-refractivity contribution >= 4 is 5.69 Å². The van der Waals surface area contributed by atoms with E-state index in [1.807, 2.05) is 26.0 Å². The van der Waals surface area contributed by atoms with Crippen LogP contribution in [0.15, 0.2) is 18.2 Å². The summed E-state index contributed by atoms with van der Waals surface area (Å²) in [6.07, 6.45) is 0. The average molecular weight is 189 g/mol. The Hall–Kier alpha value is -1.62. The van der Waals surface area contributed by atoms with E-state index in [1.165, 1.54) is 0 Å². The normalized spacial score (nSPS) is 9.43. The zero-order valence-electron chi connectivity index (χ0n) is 8.79. The van der Waals surface area contributed by atoms with Crippen LogP contribution >= 0.6 is 0 Å². The molecule has 1 rings (SSSR count). The van der Waals surface area contributed by atoms with Crippen LogP contribution < -0.4 is 10.5 Å². The molecule has 0 unspecified atom stereocenters. The number of nitrogens with two attached hydrogens (primary N) is 1. The first-order valence-corrected chi connectivity index (χ1v) is 4.58. The highest BCUT2D eigenvalue weighted by Gasteiger charge is 1.97. The van der Waals surface area contributed by atoms with Crippen molar-refractivity contribution in [2.75, 3.05) is 12.8 Å². The monoisotopic (exact) mass is 189 g/mol. The quantitative estimate of drug-likeness (QED) is 0.543. The van der Waals surface area contributed by atoms with Gasteiger partial charge < -0.3 is 10.5 Å². The second-order valence-corrected chi connectivity index (χ2v) is 3.38.